The number of guanidine groups is 1. The average molecular weight is 238 g/mol. The monoisotopic (exact) mass is 238 g/mol. The first-order valence-corrected chi connectivity index (χ1v) is 6.08. The van der Waals surface area contributed by atoms with Crippen LogP contribution in [0.3, 0.4) is 0 Å². The number of hydrogen-bond donors (Lipinski definition) is 2. The van der Waals surface area contributed by atoms with Crippen LogP contribution < -0.4 is 10.6 Å². The molecule has 17 heavy (non-hydrogen) atoms. The van der Waals surface area contributed by atoms with Crippen LogP contribution in [0.5, 0.6) is 0 Å². The van der Waals surface area contributed by atoms with Crippen molar-refractivity contribution in [1.82, 2.24) is 15.5 Å². The van der Waals surface area contributed by atoms with Crippen molar-refractivity contribution >= 4 is 17.8 Å². The lowest BCUT2D eigenvalue weighted by atomic mass is 9.97. The summed E-state index contributed by atoms with van der Waals surface area (Å²) < 4.78 is 0. The van der Waals surface area contributed by atoms with Crippen LogP contribution in [-0.2, 0) is 9.59 Å². The van der Waals surface area contributed by atoms with E-state index in [1.165, 1.54) is 0 Å². The van der Waals surface area contributed by atoms with E-state index in [1.807, 2.05) is 0 Å². The summed E-state index contributed by atoms with van der Waals surface area (Å²) in [6.07, 6.45) is 2.26. The second kappa shape index (κ2) is 5.27. The van der Waals surface area contributed by atoms with E-state index >= 15 is 0 Å². The molecule has 2 amide bonds. The third-order valence-corrected chi connectivity index (χ3v) is 3.33. The highest BCUT2D eigenvalue weighted by molar-refractivity contribution is 6.45. The first-order chi connectivity index (χ1) is 8.19. The summed E-state index contributed by atoms with van der Waals surface area (Å²) in [5.41, 5.74) is 0. The maximum Gasteiger partial charge on any atom is 0.316 e. The van der Waals surface area contributed by atoms with Crippen molar-refractivity contribution < 1.29 is 9.59 Å². The Bertz CT molecular complexity index is 327. The number of nitrogens with one attached hydrogen (secondary N) is 2. The molecule has 2 saturated heterocycles. The quantitative estimate of drug-likeness (QED) is 0.640. The Hall–Kier alpha value is -1.43. The van der Waals surface area contributed by atoms with Crippen molar-refractivity contribution in [1.29, 1.82) is 0 Å². The standard InChI is InChI=1S/C11H18N4O2/c1-2-15-5-3-8(4-6-15)7-12-11-13-9(16)10(17)14-11/h8H,2-7H2,1H3,(H2,12,13,14,16,17). The van der Waals surface area contributed by atoms with Crippen molar-refractivity contribution in [3.05, 3.63) is 0 Å². The van der Waals surface area contributed by atoms with Gasteiger partial charge in [0.2, 0.25) is 5.96 Å². The molecule has 2 aliphatic rings. The molecule has 0 aromatic carbocycles. The van der Waals surface area contributed by atoms with Gasteiger partial charge in [0.05, 0.1) is 0 Å². The maximum absolute atomic E-state index is 10.9. The van der Waals surface area contributed by atoms with Crippen LogP contribution >= 0.6 is 0 Å². The lowest BCUT2D eigenvalue weighted by Crippen LogP contribution is -2.35. The molecule has 2 aliphatic heterocycles. The highest BCUT2D eigenvalue weighted by Crippen LogP contribution is 2.16. The van der Waals surface area contributed by atoms with Gasteiger partial charge in [0.25, 0.3) is 0 Å². The molecule has 0 atom stereocenters. The Balaban J connectivity index is 1.78. The summed E-state index contributed by atoms with van der Waals surface area (Å²) in [4.78, 5) is 28.5. The largest absolute Gasteiger partial charge is 0.316 e. The molecular formula is C11H18N4O2. The fraction of sp³-hybridized carbons (Fsp3) is 0.727. The summed E-state index contributed by atoms with van der Waals surface area (Å²) in [5.74, 6) is -0.383. The van der Waals surface area contributed by atoms with Crippen LogP contribution in [0.1, 0.15) is 19.8 Å². The van der Waals surface area contributed by atoms with Crippen molar-refractivity contribution in [2.45, 2.75) is 19.8 Å². The SMILES string of the molecule is CCN1CCC(CN=C2NC(=O)C(=O)N2)CC1. The van der Waals surface area contributed by atoms with Crippen LogP contribution in [-0.4, -0.2) is 48.9 Å². The summed E-state index contributed by atoms with van der Waals surface area (Å²) in [7, 11) is 0. The third kappa shape index (κ3) is 3.03. The molecule has 0 aromatic rings. The molecule has 6 heteroatoms. The molecule has 6 nitrogen and oxygen atoms in total. The Morgan fingerprint density at radius 3 is 2.35 bits per heavy atom. The van der Waals surface area contributed by atoms with E-state index < -0.39 is 11.8 Å². The molecule has 2 N–H and O–H groups in total. The van der Waals surface area contributed by atoms with Crippen LogP contribution in [0.15, 0.2) is 4.99 Å². The summed E-state index contributed by atoms with van der Waals surface area (Å²) >= 11 is 0. The van der Waals surface area contributed by atoms with Gasteiger partial charge in [-0.3, -0.25) is 25.2 Å². The Labute approximate surface area is 100 Å². The van der Waals surface area contributed by atoms with Gasteiger partial charge in [-0.2, -0.15) is 0 Å². The van der Waals surface area contributed by atoms with E-state index in [0.29, 0.717) is 18.4 Å². The molecule has 0 aromatic heterocycles. The van der Waals surface area contributed by atoms with Gasteiger partial charge in [-0.25, -0.2) is 0 Å². The summed E-state index contributed by atoms with van der Waals surface area (Å²) in [6.45, 7) is 6.18. The molecule has 0 bridgehead atoms. The predicted octanol–water partition coefficient (Wildman–Crippen LogP) is -0.680. The van der Waals surface area contributed by atoms with Crippen molar-refractivity contribution in [2.24, 2.45) is 10.9 Å². The minimum Gasteiger partial charge on any atom is -0.304 e. The number of hydrogen-bond acceptors (Lipinski definition) is 4. The van der Waals surface area contributed by atoms with E-state index in [-0.39, 0.29) is 0 Å². The van der Waals surface area contributed by atoms with Gasteiger partial charge >= 0.3 is 11.8 Å². The smallest absolute Gasteiger partial charge is 0.304 e. The number of likely N-dealkylation sites (tertiary alicyclic amines) is 1. The van der Waals surface area contributed by atoms with Gasteiger partial charge in [-0.1, -0.05) is 6.92 Å². The molecule has 2 heterocycles. The summed E-state index contributed by atoms with van der Waals surface area (Å²) in [5, 5.41) is 4.81. The normalized spacial score (nSPS) is 22.5. The lowest BCUT2D eigenvalue weighted by molar-refractivity contribution is -0.135. The molecule has 0 radical (unpaired) electrons. The lowest BCUT2D eigenvalue weighted by Gasteiger charge is -2.30. The second-order valence-corrected chi connectivity index (χ2v) is 4.48. The van der Waals surface area contributed by atoms with Gasteiger partial charge in [0, 0.05) is 6.54 Å². The van der Waals surface area contributed by atoms with E-state index in [9.17, 15) is 9.59 Å². The molecule has 2 fully saturated rings. The zero-order chi connectivity index (χ0) is 12.3. The average Bonchev–Trinajstić information content (AvgIpc) is 2.67. The fourth-order valence-electron chi connectivity index (χ4n) is 2.14. The van der Waals surface area contributed by atoms with Gasteiger partial charge in [-0.15, -0.1) is 0 Å². The van der Waals surface area contributed by atoms with Crippen molar-refractivity contribution in [3.63, 3.8) is 0 Å². The van der Waals surface area contributed by atoms with Gasteiger partial charge in [0.15, 0.2) is 0 Å². The maximum atomic E-state index is 10.9. The predicted molar refractivity (Wildman–Crippen MR) is 63.4 cm³/mol. The molecule has 0 saturated carbocycles. The van der Waals surface area contributed by atoms with Gasteiger partial charge in [0.1, 0.15) is 0 Å². The number of aliphatic imine (C=N–C) groups is 1. The number of piperidine rings is 1. The zero-order valence-electron chi connectivity index (χ0n) is 10.0. The van der Waals surface area contributed by atoms with Crippen LogP contribution in [0.4, 0.5) is 0 Å². The van der Waals surface area contributed by atoms with E-state index in [2.05, 4.69) is 27.4 Å². The van der Waals surface area contributed by atoms with Gasteiger partial charge < -0.3 is 4.90 Å². The molecule has 94 valence electrons. The topological polar surface area (TPSA) is 73.8 Å². The molecule has 0 aliphatic carbocycles. The Kier molecular flexibility index (Phi) is 3.73. The number of rotatable bonds is 3. The highest BCUT2D eigenvalue weighted by Gasteiger charge is 2.25. The van der Waals surface area contributed by atoms with Crippen molar-refractivity contribution in [3.8, 4) is 0 Å². The number of nitrogens with zero attached hydrogens (tertiary/aromatic N) is 2. The number of carbonyl (C=O) groups excluding carboxylic acids is 2. The van der Waals surface area contributed by atoms with Crippen molar-refractivity contribution in [2.75, 3.05) is 26.2 Å². The van der Waals surface area contributed by atoms with Crippen LogP contribution in [0.25, 0.3) is 0 Å². The first kappa shape index (κ1) is 12.0. The molecule has 0 spiro atoms. The van der Waals surface area contributed by atoms with Crippen LogP contribution in [0, 0.1) is 5.92 Å². The van der Waals surface area contributed by atoms with Gasteiger partial charge in [-0.05, 0) is 38.4 Å². The minimum absolute atomic E-state index is 0.304. The molecule has 2 rings (SSSR count). The number of carbonyl (C=O) groups is 2. The third-order valence-electron chi connectivity index (χ3n) is 3.33. The first-order valence-electron chi connectivity index (χ1n) is 6.08. The Morgan fingerprint density at radius 2 is 1.82 bits per heavy atom. The van der Waals surface area contributed by atoms with Crippen LogP contribution in [0.2, 0.25) is 0 Å². The van der Waals surface area contributed by atoms with E-state index in [0.717, 1.165) is 32.5 Å². The van der Waals surface area contributed by atoms with E-state index in [1.54, 1.807) is 0 Å². The minimum atomic E-state index is -0.621. The second-order valence-electron chi connectivity index (χ2n) is 4.48. The zero-order valence-corrected chi connectivity index (χ0v) is 10.0. The molecular weight excluding hydrogens is 220 g/mol. The highest BCUT2D eigenvalue weighted by atomic mass is 16.2. The fourth-order valence-corrected chi connectivity index (χ4v) is 2.14. The van der Waals surface area contributed by atoms with E-state index in [4.69, 9.17) is 0 Å². The molecule has 0 unspecified atom stereocenters. The number of amides is 2. The summed E-state index contributed by atoms with van der Waals surface area (Å²) in [6, 6.07) is 0. The Morgan fingerprint density at radius 1 is 1.24 bits per heavy atom.